The number of hydrogen-bond acceptors (Lipinski definition) is 5. The number of aromatic nitrogens is 2. The van der Waals surface area contributed by atoms with Gasteiger partial charge in [-0.15, -0.1) is 0 Å². The van der Waals surface area contributed by atoms with Crippen LogP contribution in [0.25, 0.3) is 0 Å². The molecule has 0 radical (unpaired) electrons. The highest BCUT2D eigenvalue weighted by atomic mass is 16.3. The van der Waals surface area contributed by atoms with Crippen LogP contribution in [-0.2, 0) is 6.42 Å². The molecule has 1 aromatic heterocycles. The van der Waals surface area contributed by atoms with Crippen molar-refractivity contribution in [2.75, 3.05) is 17.7 Å². The second kappa shape index (κ2) is 6.39. The van der Waals surface area contributed by atoms with Crippen LogP contribution in [0.5, 0.6) is 0 Å². The van der Waals surface area contributed by atoms with Crippen molar-refractivity contribution in [3.8, 4) is 0 Å². The van der Waals surface area contributed by atoms with Gasteiger partial charge in [0.1, 0.15) is 17.5 Å². The Kier molecular flexibility index (Phi) is 4.81. The molecule has 0 aliphatic heterocycles. The van der Waals surface area contributed by atoms with E-state index in [4.69, 9.17) is 5.73 Å². The molecule has 5 heteroatoms. The van der Waals surface area contributed by atoms with E-state index in [9.17, 15) is 5.11 Å². The largest absolute Gasteiger partial charge is 0.391 e. The van der Waals surface area contributed by atoms with Crippen LogP contribution in [-0.4, -0.2) is 34.3 Å². The SMILES string of the molecule is CCCc1nc(N)c(C)c(N(C)C2CCCCC2O)n1. The predicted octanol–water partition coefficient (Wildman–Crippen LogP) is 2.06. The molecule has 1 saturated carbocycles. The minimum absolute atomic E-state index is 0.131. The van der Waals surface area contributed by atoms with Crippen molar-refractivity contribution in [1.29, 1.82) is 0 Å². The number of aryl methyl sites for hydroxylation is 1. The lowest BCUT2D eigenvalue weighted by molar-refractivity contribution is 0.106. The van der Waals surface area contributed by atoms with Crippen molar-refractivity contribution in [3.05, 3.63) is 11.4 Å². The fourth-order valence-corrected chi connectivity index (χ4v) is 2.95. The third-order valence-electron chi connectivity index (χ3n) is 4.20. The van der Waals surface area contributed by atoms with Crippen molar-refractivity contribution < 1.29 is 5.11 Å². The van der Waals surface area contributed by atoms with Crippen molar-refractivity contribution in [1.82, 2.24) is 9.97 Å². The average molecular weight is 278 g/mol. The third-order valence-corrected chi connectivity index (χ3v) is 4.20. The molecule has 2 rings (SSSR count). The first-order valence-corrected chi connectivity index (χ1v) is 7.58. The summed E-state index contributed by atoms with van der Waals surface area (Å²) in [7, 11) is 2.00. The molecule has 1 aliphatic rings. The highest BCUT2D eigenvalue weighted by molar-refractivity contribution is 5.56. The highest BCUT2D eigenvalue weighted by Gasteiger charge is 2.28. The standard InChI is InChI=1S/C15H26N4O/c1-4-7-13-17-14(16)10(2)15(18-13)19(3)11-8-5-6-9-12(11)20/h11-12,20H,4-9H2,1-3H3,(H2,16,17,18). The minimum Gasteiger partial charge on any atom is -0.391 e. The zero-order valence-corrected chi connectivity index (χ0v) is 12.8. The molecule has 1 aromatic rings. The first-order valence-electron chi connectivity index (χ1n) is 7.58. The summed E-state index contributed by atoms with van der Waals surface area (Å²) in [6.07, 6.45) is 5.70. The Bertz CT molecular complexity index is 463. The summed E-state index contributed by atoms with van der Waals surface area (Å²) in [6, 6.07) is 0.131. The number of aliphatic hydroxyl groups is 1. The molecular weight excluding hydrogens is 252 g/mol. The molecule has 2 atom stereocenters. The number of rotatable bonds is 4. The van der Waals surface area contributed by atoms with Gasteiger partial charge in [-0.05, 0) is 26.2 Å². The lowest BCUT2D eigenvalue weighted by Crippen LogP contribution is -2.44. The third kappa shape index (κ3) is 3.03. The van der Waals surface area contributed by atoms with Gasteiger partial charge in [0, 0.05) is 19.0 Å². The Morgan fingerprint density at radius 2 is 2.00 bits per heavy atom. The molecule has 2 unspecified atom stereocenters. The Hall–Kier alpha value is -1.36. The fourth-order valence-electron chi connectivity index (χ4n) is 2.95. The molecule has 0 spiro atoms. The summed E-state index contributed by atoms with van der Waals surface area (Å²) in [5.74, 6) is 2.21. The molecule has 3 N–H and O–H groups in total. The molecule has 20 heavy (non-hydrogen) atoms. The van der Waals surface area contributed by atoms with Gasteiger partial charge in [-0.2, -0.15) is 0 Å². The number of likely N-dealkylation sites (N-methyl/N-ethyl adjacent to an activating group) is 1. The van der Waals surface area contributed by atoms with Crippen LogP contribution in [0.4, 0.5) is 11.6 Å². The molecule has 0 amide bonds. The van der Waals surface area contributed by atoms with Gasteiger partial charge < -0.3 is 15.7 Å². The van der Waals surface area contributed by atoms with Crippen molar-refractivity contribution >= 4 is 11.6 Å². The highest BCUT2D eigenvalue weighted by Crippen LogP contribution is 2.29. The van der Waals surface area contributed by atoms with Gasteiger partial charge in [-0.3, -0.25) is 0 Å². The van der Waals surface area contributed by atoms with Gasteiger partial charge in [0.2, 0.25) is 0 Å². The summed E-state index contributed by atoms with van der Waals surface area (Å²) in [4.78, 5) is 11.1. The Balaban J connectivity index is 2.30. The van der Waals surface area contributed by atoms with Crippen LogP contribution in [0.15, 0.2) is 0 Å². The van der Waals surface area contributed by atoms with Crippen LogP contribution in [0.2, 0.25) is 0 Å². The molecule has 1 fully saturated rings. The normalized spacial score (nSPS) is 22.8. The molecule has 5 nitrogen and oxygen atoms in total. The lowest BCUT2D eigenvalue weighted by atomic mass is 9.91. The fraction of sp³-hybridized carbons (Fsp3) is 0.733. The van der Waals surface area contributed by atoms with Crippen LogP contribution in [0.3, 0.4) is 0 Å². The van der Waals surface area contributed by atoms with Crippen molar-refractivity contribution in [2.45, 2.75) is 64.5 Å². The molecule has 0 saturated heterocycles. The minimum atomic E-state index is -0.279. The van der Waals surface area contributed by atoms with E-state index in [1.807, 2.05) is 14.0 Å². The van der Waals surface area contributed by atoms with Crippen molar-refractivity contribution in [3.63, 3.8) is 0 Å². The Labute approximate surface area is 121 Å². The Morgan fingerprint density at radius 1 is 1.30 bits per heavy atom. The number of nitrogen functional groups attached to an aromatic ring is 1. The number of nitrogens with two attached hydrogens (primary N) is 1. The van der Waals surface area contributed by atoms with Gasteiger partial charge in [-0.25, -0.2) is 9.97 Å². The second-order valence-electron chi connectivity index (χ2n) is 5.75. The lowest BCUT2D eigenvalue weighted by Gasteiger charge is -2.36. The van der Waals surface area contributed by atoms with Crippen molar-refractivity contribution in [2.24, 2.45) is 0 Å². The smallest absolute Gasteiger partial charge is 0.137 e. The van der Waals surface area contributed by atoms with E-state index in [-0.39, 0.29) is 12.1 Å². The van der Waals surface area contributed by atoms with Crippen LogP contribution >= 0.6 is 0 Å². The number of hydrogen-bond donors (Lipinski definition) is 2. The van der Waals surface area contributed by atoms with E-state index in [0.717, 1.165) is 55.7 Å². The van der Waals surface area contributed by atoms with Gasteiger partial charge in [0.25, 0.3) is 0 Å². The summed E-state index contributed by atoms with van der Waals surface area (Å²) < 4.78 is 0. The van der Waals surface area contributed by atoms with E-state index in [1.165, 1.54) is 0 Å². The summed E-state index contributed by atoms with van der Waals surface area (Å²) in [5, 5.41) is 10.2. The second-order valence-corrected chi connectivity index (χ2v) is 5.75. The zero-order chi connectivity index (χ0) is 14.7. The predicted molar refractivity (Wildman–Crippen MR) is 81.8 cm³/mol. The van der Waals surface area contributed by atoms with E-state index >= 15 is 0 Å². The first-order chi connectivity index (χ1) is 9.54. The molecular formula is C15H26N4O. The van der Waals surface area contributed by atoms with E-state index in [0.29, 0.717) is 5.82 Å². The molecule has 0 aromatic carbocycles. The number of nitrogens with zero attached hydrogens (tertiary/aromatic N) is 3. The maximum atomic E-state index is 10.2. The molecule has 1 aliphatic carbocycles. The summed E-state index contributed by atoms with van der Waals surface area (Å²) in [5.41, 5.74) is 6.92. The topological polar surface area (TPSA) is 75.3 Å². The molecule has 112 valence electrons. The van der Waals surface area contributed by atoms with Crippen LogP contribution in [0, 0.1) is 6.92 Å². The van der Waals surface area contributed by atoms with E-state index in [2.05, 4.69) is 21.8 Å². The average Bonchev–Trinajstić information content (AvgIpc) is 2.43. The number of aliphatic hydroxyl groups excluding tert-OH is 1. The quantitative estimate of drug-likeness (QED) is 0.881. The van der Waals surface area contributed by atoms with Crippen LogP contribution < -0.4 is 10.6 Å². The monoisotopic (exact) mass is 278 g/mol. The maximum absolute atomic E-state index is 10.2. The van der Waals surface area contributed by atoms with E-state index < -0.39 is 0 Å². The molecule has 0 bridgehead atoms. The summed E-state index contributed by atoms with van der Waals surface area (Å²) in [6.45, 7) is 4.06. The molecule has 1 heterocycles. The zero-order valence-electron chi connectivity index (χ0n) is 12.8. The van der Waals surface area contributed by atoms with Crippen LogP contribution in [0.1, 0.15) is 50.4 Å². The van der Waals surface area contributed by atoms with Gasteiger partial charge >= 0.3 is 0 Å². The Morgan fingerprint density at radius 3 is 2.65 bits per heavy atom. The number of anilines is 2. The first kappa shape index (κ1) is 15.0. The van der Waals surface area contributed by atoms with E-state index in [1.54, 1.807) is 0 Å². The van der Waals surface area contributed by atoms with Gasteiger partial charge in [0.05, 0.1) is 12.1 Å². The van der Waals surface area contributed by atoms with Gasteiger partial charge in [-0.1, -0.05) is 19.8 Å². The maximum Gasteiger partial charge on any atom is 0.137 e. The summed E-state index contributed by atoms with van der Waals surface area (Å²) >= 11 is 0. The van der Waals surface area contributed by atoms with Gasteiger partial charge in [0.15, 0.2) is 0 Å².